The molecule has 1 amide bonds. The van der Waals surface area contributed by atoms with Gasteiger partial charge in [-0.25, -0.2) is 4.68 Å². The molecule has 29 heavy (non-hydrogen) atoms. The van der Waals surface area contributed by atoms with Gasteiger partial charge in [0, 0.05) is 25.8 Å². The molecule has 7 heteroatoms. The Morgan fingerprint density at radius 2 is 1.90 bits per heavy atom. The molecular formula is C22H27ClN4O2. The second kappa shape index (κ2) is 10.6. The van der Waals surface area contributed by atoms with Crippen LogP contribution in [0.5, 0.6) is 5.75 Å². The van der Waals surface area contributed by atoms with Gasteiger partial charge in [0.25, 0.3) is 5.91 Å². The molecule has 0 spiro atoms. The maximum absolute atomic E-state index is 13.0. The molecule has 0 fully saturated rings. The van der Waals surface area contributed by atoms with Crippen LogP contribution in [0.3, 0.4) is 0 Å². The number of nitrogens with two attached hydrogens (primary N) is 1. The summed E-state index contributed by atoms with van der Waals surface area (Å²) in [4.78, 5) is 14.7. The molecule has 0 atom stereocenters. The monoisotopic (exact) mass is 414 g/mol. The Hall–Kier alpha value is -2.83. The molecule has 154 valence electrons. The highest BCUT2D eigenvalue weighted by Crippen LogP contribution is 2.23. The molecule has 3 aromatic rings. The number of benzene rings is 2. The second-order valence-corrected chi connectivity index (χ2v) is 6.64. The van der Waals surface area contributed by atoms with Crippen molar-refractivity contribution >= 4 is 18.3 Å². The Bertz CT molecular complexity index is 928. The van der Waals surface area contributed by atoms with Crippen molar-refractivity contribution < 1.29 is 9.53 Å². The molecule has 0 bridgehead atoms. The number of rotatable bonds is 8. The highest BCUT2D eigenvalue weighted by molar-refractivity contribution is 5.92. The highest BCUT2D eigenvalue weighted by atomic mass is 35.5. The number of halogens is 1. The van der Waals surface area contributed by atoms with Crippen LogP contribution in [0.2, 0.25) is 0 Å². The first kappa shape index (κ1) is 22.5. The third-order valence-corrected chi connectivity index (χ3v) is 4.59. The van der Waals surface area contributed by atoms with Crippen molar-refractivity contribution in [2.75, 3.05) is 26.7 Å². The van der Waals surface area contributed by atoms with Crippen LogP contribution in [0.4, 0.5) is 0 Å². The predicted octanol–water partition coefficient (Wildman–Crippen LogP) is 3.25. The van der Waals surface area contributed by atoms with Gasteiger partial charge in [-0.05, 0) is 42.7 Å². The zero-order chi connectivity index (χ0) is 19.9. The van der Waals surface area contributed by atoms with E-state index >= 15 is 0 Å². The predicted molar refractivity (Wildman–Crippen MR) is 117 cm³/mol. The quantitative estimate of drug-likeness (QED) is 0.614. The van der Waals surface area contributed by atoms with E-state index in [2.05, 4.69) is 17.2 Å². The molecule has 3 rings (SSSR count). The van der Waals surface area contributed by atoms with Gasteiger partial charge in [-0.2, -0.15) is 5.10 Å². The summed E-state index contributed by atoms with van der Waals surface area (Å²) in [5.41, 5.74) is 9.20. The Morgan fingerprint density at radius 3 is 2.59 bits per heavy atom. The number of methoxy groups -OCH3 is 1. The number of aromatic nitrogens is 2. The van der Waals surface area contributed by atoms with Crippen LogP contribution >= 0.6 is 12.4 Å². The van der Waals surface area contributed by atoms with E-state index in [1.807, 2.05) is 43.3 Å². The maximum atomic E-state index is 13.0. The van der Waals surface area contributed by atoms with Crippen molar-refractivity contribution in [1.82, 2.24) is 14.7 Å². The Labute approximate surface area is 177 Å². The van der Waals surface area contributed by atoms with Crippen LogP contribution in [0.15, 0.2) is 60.8 Å². The van der Waals surface area contributed by atoms with E-state index in [-0.39, 0.29) is 18.3 Å². The van der Waals surface area contributed by atoms with Crippen molar-refractivity contribution in [2.45, 2.75) is 13.3 Å². The zero-order valence-corrected chi connectivity index (χ0v) is 17.6. The lowest BCUT2D eigenvalue weighted by molar-refractivity contribution is 0.0755. The molecule has 0 saturated carbocycles. The van der Waals surface area contributed by atoms with E-state index in [9.17, 15) is 4.79 Å². The van der Waals surface area contributed by atoms with Crippen LogP contribution in [0.1, 0.15) is 21.6 Å². The third-order valence-electron chi connectivity index (χ3n) is 4.59. The normalized spacial score (nSPS) is 10.3. The number of hydrogen-bond donors (Lipinski definition) is 1. The first-order chi connectivity index (χ1) is 13.6. The van der Waals surface area contributed by atoms with Crippen molar-refractivity contribution in [1.29, 1.82) is 0 Å². The van der Waals surface area contributed by atoms with Gasteiger partial charge in [0.15, 0.2) is 5.69 Å². The molecule has 0 saturated heterocycles. The minimum atomic E-state index is -0.119. The number of carbonyl (C=O) groups excluding carboxylic acids is 1. The number of aryl methyl sites for hydroxylation is 1. The molecule has 0 radical (unpaired) electrons. The van der Waals surface area contributed by atoms with Gasteiger partial charge in [-0.3, -0.25) is 4.79 Å². The minimum absolute atomic E-state index is 0. The molecule has 0 aliphatic rings. The highest BCUT2D eigenvalue weighted by Gasteiger charge is 2.19. The molecule has 1 aromatic heterocycles. The smallest absolute Gasteiger partial charge is 0.274 e. The van der Waals surface area contributed by atoms with E-state index in [0.29, 0.717) is 31.1 Å². The molecule has 2 aromatic carbocycles. The summed E-state index contributed by atoms with van der Waals surface area (Å²) in [6.07, 6.45) is 2.56. The van der Waals surface area contributed by atoms with Crippen molar-refractivity contribution in [2.24, 2.45) is 5.73 Å². The number of carbonyl (C=O) groups is 1. The van der Waals surface area contributed by atoms with Crippen LogP contribution < -0.4 is 10.5 Å². The Morgan fingerprint density at radius 1 is 1.14 bits per heavy atom. The second-order valence-electron chi connectivity index (χ2n) is 6.64. The van der Waals surface area contributed by atoms with Gasteiger partial charge < -0.3 is 15.4 Å². The summed E-state index contributed by atoms with van der Waals surface area (Å²) in [6, 6.07) is 17.7. The molecular weight excluding hydrogens is 388 g/mol. The van der Waals surface area contributed by atoms with E-state index in [0.717, 1.165) is 17.7 Å². The van der Waals surface area contributed by atoms with Crippen LogP contribution in [-0.2, 0) is 6.42 Å². The van der Waals surface area contributed by atoms with Crippen molar-refractivity contribution in [3.63, 3.8) is 0 Å². The Kier molecular flexibility index (Phi) is 8.24. The summed E-state index contributed by atoms with van der Waals surface area (Å²) in [5, 5.41) is 4.49. The van der Waals surface area contributed by atoms with Gasteiger partial charge in [0.2, 0.25) is 0 Å². The lowest BCUT2D eigenvalue weighted by atomic mass is 10.1. The van der Waals surface area contributed by atoms with Gasteiger partial charge in [-0.1, -0.05) is 36.4 Å². The van der Waals surface area contributed by atoms with Crippen molar-refractivity contribution in [3.8, 4) is 11.4 Å². The van der Waals surface area contributed by atoms with E-state index < -0.39 is 0 Å². The molecule has 1 heterocycles. The third kappa shape index (κ3) is 5.59. The minimum Gasteiger partial charge on any atom is -0.494 e. The fraction of sp³-hybridized carbons (Fsp3) is 0.273. The van der Waals surface area contributed by atoms with E-state index in [4.69, 9.17) is 10.5 Å². The summed E-state index contributed by atoms with van der Waals surface area (Å²) in [7, 11) is 1.62. The molecule has 6 nitrogen and oxygen atoms in total. The maximum Gasteiger partial charge on any atom is 0.274 e. The number of ether oxygens (including phenoxy) is 1. The fourth-order valence-electron chi connectivity index (χ4n) is 3.09. The van der Waals surface area contributed by atoms with E-state index in [1.54, 1.807) is 29.0 Å². The topological polar surface area (TPSA) is 73.4 Å². The zero-order valence-electron chi connectivity index (χ0n) is 16.7. The Balaban J connectivity index is 0.00000300. The van der Waals surface area contributed by atoms with E-state index in [1.165, 1.54) is 5.56 Å². The average molecular weight is 415 g/mol. The standard InChI is InChI=1S/C22H26N4O2.ClH/c1-17-8-9-21(28-2)20(16-17)26-14-11-19(24-26)22(27)25(15-12-23)13-10-18-6-4-3-5-7-18;/h3-9,11,14,16H,10,12-13,15,23H2,1-2H3;1H. The summed E-state index contributed by atoms with van der Waals surface area (Å²) in [6.45, 7) is 3.50. The fourth-order valence-corrected chi connectivity index (χ4v) is 3.09. The van der Waals surface area contributed by atoms with Crippen LogP contribution in [0.25, 0.3) is 5.69 Å². The lowest BCUT2D eigenvalue weighted by Gasteiger charge is -2.21. The first-order valence-corrected chi connectivity index (χ1v) is 9.36. The number of amides is 1. The van der Waals surface area contributed by atoms with Crippen LogP contribution in [-0.4, -0.2) is 47.3 Å². The average Bonchev–Trinajstić information content (AvgIpc) is 3.21. The molecule has 2 N–H and O–H groups in total. The van der Waals surface area contributed by atoms with Gasteiger partial charge >= 0.3 is 0 Å². The first-order valence-electron chi connectivity index (χ1n) is 9.36. The molecule has 0 aliphatic heterocycles. The summed E-state index contributed by atoms with van der Waals surface area (Å²) in [5.74, 6) is 0.586. The van der Waals surface area contributed by atoms with Gasteiger partial charge in [-0.15, -0.1) is 12.4 Å². The summed E-state index contributed by atoms with van der Waals surface area (Å²) >= 11 is 0. The number of hydrogen-bond acceptors (Lipinski definition) is 4. The van der Waals surface area contributed by atoms with Crippen molar-refractivity contribution in [3.05, 3.63) is 77.6 Å². The SMILES string of the molecule is COc1ccc(C)cc1-n1ccc(C(=O)N(CCN)CCc2ccccc2)n1.Cl. The van der Waals surface area contributed by atoms with Gasteiger partial charge in [0.1, 0.15) is 11.4 Å². The lowest BCUT2D eigenvalue weighted by Crippen LogP contribution is -2.37. The largest absolute Gasteiger partial charge is 0.494 e. The van der Waals surface area contributed by atoms with Gasteiger partial charge in [0.05, 0.1) is 7.11 Å². The number of nitrogens with zero attached hydrogens (tertiary/aromatic N) is 3. The summed E-state index contributed by atoms with van der Waals surface area (Å²) < 4.78 is 7.10. The molecule has 0 unspecified atom stereocenters. The van der Waals surface area contributed by atoms with Crippen LogP contribution in [0, 0.1) is 6.92 Å². The molecule has 0 aliphatic carbocycles.